The van der Waals surface area contributed by atoms with Gasteiger partial charge >= 0.3 is 0 Å². The third-order valence-corrected chi connectivity index (χ3v) is 2.81. The van der Waals surface area contributed by atoms with Crippen LogP contribution in [0.2, 0.25) is 5.02 Å². The van der Waals surface area contributed by atoms with Crippen LogP contribution in [0.15, 0.2) is 36.7 Å². The number of aliphatic hydroxyl groups excluding tert-OH is 1. The summed E-state index contributed by atoms with van der Waals surface area (Å²) in [4.78, 5) is 3.93. The average molecular weight is 250 g/mol. The van der Waals surface area contributed by atoms with Crippen molar-refractivity contribution >= 4 is 11.6 Å². The predicted molar refractivity (Wildman–Crippen MR) is 66.4 cm³/mol. The van der Waals surface area contributed by atoms with Gasteiger partial charge < -0.3 is 9.84 Å². The summed E-state index contributed by atoms with van der Waals surface area (Å²) in [5.41, 5.74) is 1.60. The summed E-state index contributed by atoms with van der Waals surface area (Å²) in [7, 11) is 0. The van der Waals surface area contributed by atoms with Gasteiger partial charge in [-0.3, -0.25) is 4.98 Å². The number of pyridine rings is 1. The molecule has 2 aromatic rings. The fourth-order valence-corrected chi connectivity index (χ4v) is 1.56. The lowest BCUT2D eigenvalue weighted by atomic mass is 10.2. The van der Waals surface area contributed by atoms with E-state index in [0.29, 0.717) is 22.1 Å². The first-order chi connectivity index (χ1) is 8.20. The van der Waals surface area contributed by atoms with Crippen LogP contribution >= 0.6 is 11.6 Å². The van der Waals surface area contributed by atoms with Crippen molar-refractivity contribution in [1.82, 2.24) is 4.98 Å². The molecular weight excluding hydrogens is 238 g/mol. The molecule has 0 amide bonds. The van der Waals surface area contributed by atoms with Gasteiger partial charge in [-0.05, 0) is 36.8 Å². The second-order valence-electron chi connectivity index (χ2n) is 3.65. The highest BCUT2D eigenvalue weighted by Crippen LogP contribution is 2.27. The van der Waals surface area contributed by atoms with Crippen LogP contribution in [0.25, 0.3) is 0 Å². The Morgan fingerprint density at radius 2 is 2.18 bits per heavy atom. The molecule has 2 rings (SSSR count). The van der Waals surface area contributed by atoms with Crippen LogP contribution in [0.1, 0.15) is 11.1 Å². The summed E-state index contributed by atoms with van der Waals surface area (Å²) >= 11 is 5.94. The molecular formula is C13H12ClNO2. The highest BCUT2D eigenvalue weighted by atomic mass is 35.5. The van der Waals surface area contributed by atoms with Gasteiger partial charge in [0.15, 0.2) is 0 Å². The quantitative estimate of drug-likeness (QED) is 0.907. The summed E-state index contributed by atoms with van der Waals surface area (Å²) < 4.78 is 5.68. The zero-order valence-electron chi connectivity index (χ0n) is 9.35. The lowest BCUT2D eigenvalue weighted by molar-refractivity contribution is 0.276. The summed E-state index contributed by atoms with van der Waals surface area (Å²) in [6.45, 7) is 1.81. The molecule has 0 aliphatic carbocycles. The Kier molecular flexibility index (Phi) is 3.61. The van der Waals surface area contributed by atoms with Crippen LogP contribution in [0.3, 0.4) is 0 Å². The molecule has 1 aromatic heterocycles. The van der Waals surface area contributed by atoms with Crippen molar-refractivity contribution in [1.29, 1.82) is 0 Å². The van der Waals surface area contributed by atoms with Crippen molar-refractivity contribution in [3.05, 3.63) is 52.8 Å². The second kappa shape index (κ2) is 5.17. The maximum absolute atomic E-state index is 9.15. The van der Waals surface area contributed by atoms with Crippen LogP contribution in [-0.2, 0) is 6.61 Å². The molecule has 0 spiro atoms. The number of nitrogens with zero attached hydrogens (tertiary/aromatic N) is 1. The van der Waals surface area contributed by atoms with E-state index in [1.165, 1.54) is 0 Å². The molecule has 0 radical (unpaired) electrons. The smallest absolute Gasteiger partial charge is 0.136 e. The molecule has 0 aliphatic heterocycles. The van der Waals surface area contributed by atoms with Crippen molar-refractivity contribution < 1.29 is 9.84 Å². The zero-order chi connectivity index (χ0) is 12.3. The topological polar surface area (TPSA) is 42.4 Å². The number of benzene rings is 1. The molecule has 0 fully saturated rings. The molecule has 0 atom stereocenters. The van der Waals surface area contributed by atoms with Crippen molar-refractivity contribution in [2.45, 2.75) is 13.5 Å². The van der Waals surface area contributed by atoms with Crippen molar-refractivity contribution in [3.8, 4) is 11.5 Å². The third-order valence-electron chi connectivity index (χ3n) is 2.39. The van der Waals surface area contributed by atoms with Crippen molar-refractivity contribution in [2.24, 2.45) is 0 Å². The first-order valence-electron chi connectivity index (χ1n) is 5.18. The Balaban J connectivity index is 2.28. The largest absolute Gasteiger partial charge is 0.457 e. The average Bonchev–Trinajstić information content (AvgIpc) is 2.34. The van der Waals surface area contributed by atoms with E-state index in [-0.39, 0.29) is 6.61 Å². The third kappa shape index (κ3) is 2.75. The van der Waals surface area contributed by atoms with Gasteiger partial charge in [0.05, 0.1) is 6.61 Å². The minimum Gasteiger partial charge on any atom is -0.457 e. The van der Waals surface area contributed by atoms with Crippen LogP contribution in [0.4, 0.5) is 0 Å². The fraction of sp³-hybridized carbons (Fsp3) is 0.154. The van der Waals surface area contributed by atoms with Gasteiger partial charge in [-0.15, -0.1) is 0 Å². The predicted octanol–water partition coefficient (Wildman–Crippen LogP) is 3.33. The van der Waals surface area contributed by atoms with Gasteiger partial charge in [-0.2, -0.15) is 0 Å². The van der Waals surface area contributed by atoms with E-state index in [2.05, 4.69) is 4.98 Å². The normalized spacial score (nSPS) is 10.3. The van der Waals surface area contributed by atoms with Gasteiger partial charge in [-0.25, -0.2) is 0 Å². The number of hydrogen-bond acceptors (Lipinski definition) is 3. The van der Waals surface area contributed by atoms with Crippen LogP contribution < -0.4 is 4.74 Å². The number of halogens is 1. The van der Waals surface area contributed by atoms with Crippen molar-refractivity contribution in [2.75, 3.05) is 0 Å². The molecule has 1 aromatic carbocycles. The highest BCUT2D eigenvalue weighted by molar-refractivity contribution is 6.31. The molecule has 88 valence electrons. The summed E-state index contributed by atoms with van der Waals surface area (Å²) in [6, 6.07) is 7.14. The van der Waals surface area contributed by atoms with E-state index >= 15 is 0 Å². The van der Waals surface area contributed by atoms with Crippen molar-refractivity contribution in [3.63, 3.8) is 0 Å². The Morgan fingerprint density at radius 3 is 2.88 bits per heavy atom. The molecule has 1 heterocycles. The van der Waals surface area contributed by atoms with Gasteiger partial charge in [-0.1, -0.05) is 11.6 Å². The summed E-state index contributed by atoms with van der Waals surface area (Å²) in [5, 5.41) is 9.86. The molecule has 0 bridgehead atoms. The van der Waals surface area contributed by atoms with Crippen LogP contribution in [0, 0.1) is 6.92 Å². The molecule has 0 saturated heterocycles. The van der Waals surface area contributed by atoms with Gasteiger partial charge in [0, 0.05) is 23.0 Å². The number of aromatic nitrogens is 1. The van der Waals surface area contributed by atoms with Gasteiger partial charge in [0.2, 0.25) is 0 Å². The lowest BCUT2D eigenvalue weighted by Crippen LogP contribution is -1.92. The van der Waals surface area contributed by atoms with Gasteiger partial charge in [0.1, 0.15) is 11.5 Å². The number of aryl methyl sites for hydroxylation is 1. The van der Waals surface area contributed by atoms with E-state index in [9.17, 15) is 0 Å². The van der Waals surface area contributed by atoms with E-state index in [0.717, 1.165) is 5.56 Å². The Morgan fingerprint density at radius 1 is 1.35 bits per heavy atom. The molecule has 1 N–H and O–H groups in total. The zero-order valence-corrected chi connectivity index (χ0v) is 10.1. The fourth-order valence-electron chi connectivity index (χ4n) is 1.44. The van der Waals surface area contributed by atoms with E-state index < -0.39 is 0 Å². The molecule has 0 unspecified atom stereocenters. The Hall–Kier alpha value is -1.58. The maximum atomic E-state index is 9.15. The minimum atomic E-state index is -0.101. The number of ether oxygens (including phenoxy) is 1. The van der Waals surface area contributed by atoms with E-state index in [1.807, 2.05) is 13.0 Å². The minimum absolute atomic E-state index is 0.101. The number of rotatable bonds is 3. The SMILES string of the molecule is Cc1cc(Oc2ccncc2CO)ccc1Cl. The Labute approximate surface area is 105 Å². The second-order valence-corrected chi connectivity index (χ2v) is 4.06. The maximum Gasteiger partial charge on any atom is 0.136 e. The first kappa shape index (κ1) is 11.9. The lowest BCUT2D eigenvalue weighted by Gasteiger charge is -2.09. The molecule has 3 nitrogen and oxygen atoms in total. The standard InChI is InChI=1S/C13H12ClNO2/c1-9-6-11(2-3-12(9)14)17-13-4-5-15-7-10(13)8-16/h2-7,16H,8H2,1H3. The van der Waals surface area contributed by atoms with E-state index in [4.69, 9.17) is 21.4 Å². The summed E-state index contributed by atoms with van der Waals surface area (Å²) in [6.07, 6.45) is 3.20. The van der Waals surface area contributed by atoms with E-state index in [1.54, 1.807) is 30.6 Å². The molecule has 0 saturated carbocycles. The first-order valence-corrected chi connectivity index (χ1v) is 5.56. The summed E-state index contributed by atoms with van der Waals surface area (Å²) in [5.74, 6) is 1.29. The highest BCUT2D eigenvalue weighted by Gasteiger charge is 2.05. The molecule has 17 heavy (non-hydrogen) atoms. The number of hydrogen-bond donors (Lipinski definition) is 1. The molecule has 4 heteroatoms. The Bertz CT molecular complexity index is 529. The van der Waals surface area contributed by atoms with Crippen LogP contribution in [0.5, 0.6) is 11.5 Å². The van der Waals surface area contributed by atoms with Gasteiger partial charge in [0.25, 0.3) is 0 Å². The molecule has 0 aliphatic rings. The van der Waals surface area contributed by atoms with Crippen LogP contribution in [-0.4, -0.2) is 10.1 Å². The number of aliphatic hydroxyl groups is 1. The monoisotopic (exact) mass is 249 g/mol.